The van der Waals surface area contributed by atoms with Gasteiger partial charge in [0.2, 0.25) is 11.8 Å². The Hall–Kier alpha value is -2.93. The minimum atomic E-state index is -0.271. The van der Waals surface area contributed by atoms with Gasteiger partial charge in [0.1, 0.15) is 5.82 Å². The van der Waals surface area contributed by atoms with Gasteiger partial charge >= 0.3 is 0 Å². The highest BCUT2D eigenvalue weighted by Crippen LogP contribution is 2.25. The number of carbonyl (C=O) groups excluding carboxylic acids is 2. The fraction of sp³-hybridized carbons (Fsp3) is 0.548. The molecule has 38 heavy (non-hydrogen) atoms. The molecule has 1 aliphatic heterocycles. The van der Waals surface area contributed by atoms with Gasteiger partial charge in [0.05, 0.1) is 0 Å². The second kappa shape index (κ2) is 14.3. The van der Waals surface area contributed by atoms with Crippen LogP contribution >= 0.6 is 0 Å². The minimum absolute atomic E-state index is 0.0811. The van der Waals surface area contributed by atoms with Crippen molar-refractivity contribution in [1.29, 1.82) is 0 Å². The lowest BCUT2D eigenvalue weighted by Crippen LogP contribution is -2.40. The Morgan fingerprint density at radius 1 is 0.895 bits per heavy atom. The SMILES string of the molecule is CC(C)CC(=O)N1CCCN(CC(C)C)CCN(C(=O)CCN(C)c2ccc(F)cc2)Cc2ccccc21. The summed E-state index contributed by atoms with van der Waals surface area (Å²) in [5.41, 5.74) is 2.79. The number of para-hydroxylation sites is 1. The van der Waals surface area contributed by atoms with Crippen LogP contribution in [0.5, 0.6) is 0 Å². The van der Waals surface area contributed by atoms with E-state index in [4.69, 9.17) is 0 Å². The molecule has 1 heterocycles. The van der Waals surface area contributed by atoms with Crippen LogP contribution in [0.25, 0.3) is 0 Å². The molecule has 0 bridgehead atoms. The zero-order valence-corrected chi connectivity index (χ0v) is 23.8. The number of halogens is 1. The van der Waals surface area contributed by atoms with Crippen LogP contribution in [0.1, 0.15) is 52.5 Å². The fourth-order valence-electron chi connectivity index (χ4n) is 5.02. The first-order valence-electron chi connectivity index (χ1n) is 14.0. The summed E-state index contributed by atoms with van der Waals surface area (Å²) in [4.78, 5) is 35.2. The number of amides is 2. The van der Waals surface area contributed by atoms with Crippen LogP contribution in [0.3, 0.4) is 0 Å². The lowest BCUT2D eigenvalue weighted by molar-refractivity contribution is -0.131. The predicted octanol–water partition coefficient (Wildman–Crippen LogP) is 5.42. The number of rotatable bonds is 8. The van der Waals surface area contributed by atoms with Crippen LogP contribution < -0.4 is 9.80 Å². The molecule has 0 atom stereocenters. The molecule has 208 valence electrons. The summed E-state index contributed by atoms with van der Waals surface area (Å²) in [7, 11) is 1.92. The molecule has 0 fully saturated rings. The van der Waals surface area contributed by atoms with Gasteiger partial charge in [0, 0.05) is 70.5 Å². The van der Waals surface area contributed by atoms with Crippen molar-refractivity contribution in [1.82, 2.24) is 9.80 Å². The standard InChI is InChI=1S/C31H45FN4O2/c1-24(2)21-31(38)36-17-8-16-34(22-25(3)4)19-20-35(23-26-9-6-7-10-29(26)36)30(37)15-18-33(5)28-13-11-27(32)12-14-28/h6-7,9-14,24-25H,8,15-23H2,1-5H3. The average Bonchev–Trinajstić information content (AvgIpc) is 2.90. The molecular formula is C31H45FN4O2. The van der Waals surface area contributed by atoms with E-state index >= 15 is 0 Å². The maximum absolute atomic E-state index is 13.6. The number of hydrogen-bond donors (Lipinski definition) is 0. The van der Waals surface area contributed by atoms with E-state index in [0.29, 0.717) is 44.9 Å². The maximum atomic E-state index is 13.6. The minimum Gasteiger partial charge on any atom is -0.374 e. The monoisotopic (exact) mass is 524 g/mol. The first kappa shape index (κ1) is 29.6. The first-order chi connectivity index (χ1) is 18.1. The predicted molar refractivity (Wildman–Crippen MR) is 154 cm³/mol. The largest absolute Gasteiger partial charge is 0.374 e. The molecule has 6 nitrogen and oxygen atoms in total. The van der Waals surface area contributed by atoms with Crippen molar-refractivity contribution in [2.24, 2.45) is 11.8 Å². The Balaban J connectivity index is 1.83. The van der Waals surface area contributed by atoms with Crippen LogP contribution in [0.15, 0.2) is 48.5 Å². The van der Waals surface area contributed by atoms with E-state index in [9.17, 15) is 14.0 Å². The number of carbonyl (C=O) groups is 2. The number of hydrogen-bond acceptors (Lipinski definition) is 4. The summed E-state index contributed by atoms with van der Waals surface area (Å²) >= 11 is 0. The van der Waals surface area contributed by atoms with Gasteiger partial charge in [-0.3, -0.25) is 9.59 Å². The van der Waals surface area contributed by atoms with Crippen molar-refractivity contribution < 1.29 is 14.0 Å². The molecule has 7 heteroatoms. The van der Waals surface area contributed by atoms with Gasteiger partial charge < -0.3 is 19.6 Å². The molecule has 0 aromatic heterocycles. The van der Waals surface area contributed by atoms with Crippen LogP contribution in [0.4, 0.5) is 15.8 Å². The second-order valence-corrected chi connectivity index (χ2v) is 11.3. The Bertz CT molecular complexity index is 1040. The Kier molecular flexibility index (Phi) is 11.1. The van der Waals surface area contributed by atoms with Crippen molar-refractivity contribution in [3.63, 3.8) is 0 Å². The highest BCUT2D eigenvalue weighted by Gasteiger charge is 2.24. The second-order valence-electron chi connectivity index (χ2n) is 11.3. The van der Waals surface area contributed by atoms with Gasteiger partial charge in [-0.25, -0.2) is 4.39 Å². The molecule has 0 saturated heterocycles. The molecule has 0 radical (unpaired) electrons. The van der Waals surface area contributed by atoms with E-state index in [0.717, 1.165) is 43.0 Å². The van der Waals surface area contributed by atoms with E-state index in [1.165, 1.54) is 12.1 Å². The molecule has 0 N–H and O–H groups in total. The quantitative estimate of drug-likeness (QED) is 0.463. The zero-order chi connectivity index (χ0) is 27.7. The summed E-state index contributed by atoms with van der Waals surface area (Å²) in [6.07, 6.45) is 1.75. The molecule has 0 unspecified atom stereocenters. The van der Waals surface area contributed by atoms with Crippen molar-refractivity contribution in [3.8, 4) is 0 Å². The van der Waals surface area contributed by atoms with Gasteiger partial charge in [-0.15, -0.1) is 0 Å². The molecule has 3 rings (SSSR count). The van der Waals surface area contributed by atoms with E-state index in [1.807, 2.05) is 46.0 Å². The Morgan fingerprint density at radius 2 is 1.61 bits per heavy atom. The molecular weight excluding hydrogens is 479 g/mol. The molecule has 0 aliphatic carbocycles. The third-order valence-corrected chi connectivity index (χ3v) is 6.97. The average molecular weight is 525 g/mol. The van der Waals surface area contributed by atoms with Crippen LogP contribution in [-0.2, 0) is 16.1 Å². The number of nitrogens with zero attached hydrogens (tertiary/aromatic N) is 4. The van der Waals surface area contributed by atoms with Crippen molar-refractivity contribution in [2.75, 3.05) is 56.1 Å². The summed E-state index contributed by atoms with van der Waals surface area (Å²) in [5, 5.41) is 0. The number of anilines is 2. The van der Waals surface area contributed by atoms with Crippen LogP contribution in [0, 0.1) is 17.7 Å². The third-order valence-electron chi connectivity index (χ3n) is 6.97. The van der Waals surface area contributed by atoms with Gasteiger partial charge in [-0.1, -0.05) is 45.9 Å². The first-order valence-corrected chi connectivity index (χ1v) is 14.0. The molecule has 0 spiro atoms. The summed E-state index contributed by atoms with van der Waals surface area (Å²) in [5.74, 6) is 0.747. The molecule has 2 amide bonds. The molecule has 2 aromatic rings. The van der Waals surface area contributed by atoms with Crippen molar-refractivity contribution >= 4 is 23.2 Å². The Labute approximate surface area is 228 Å². The topological polar surface area (TPSA) is 47.1 Å². The van der Waals surface area contributed by atoms with Crippen LogP contribution in [-0.4, -0.2) is 67.9 Å². The van der Waals surface area contributed by atoms with Crippen molar-refractivity contribution in [3.05, 3.63) is 59.9 Å². The van der Waals surface area contributed by atoms with E-state index < -0.39 is 0 Å². The van der Waals surface area contributed by atoms with E-state index in [1.54, 1.807) is 12.1 Å². The molecule has 1 aliphatic rings. The van der Waals surface area contributed by atoms with Gasteiger partial charge in [0.15, 0.2) is 0 Å². The number of fused-ring (bicyclic) bond motifs is 1. The summed E-state index contributed by atoms with van der Waals surface area (Å²) in [6, 6.07) is 14.4. The molecule has 0 saturated carbocycles. The number of benzene rings is 2. The summed E-state index contributed by atoms with van der Waals surface area (Å²) < 4.78 is 13.3. The van der Waals surface area contributed by atoms with E-state index in [-0.39, 0.29) is 23.5 Å². The lowest BCUT2D eigenvalue weighted by atomic mass is 10.1. The highest BCUT2D eigenvalue weighted by atomic mass is 19.1. The normalized spacial score (nSPS) is 15.4. The maximum Gasteiger partial charge on any atom is 0.227 e. The molecule has 2 aromatic carbocycles. The summed E-state index contributed by atoms with van der Waals surface area (Å²) in [6.45, 7) is 13.6. The van der Waals surface area contributed by atoms with Crippen LogP contribution in [0.2, 0.25) is 0 Å². The Morgan fingerprint density at radius 3 is 2.29 bits per heavy atom. The lowest BCUT2D eigenvalue weighted by Gasteiger charge is -2.29. The third kappa shape index (κ3) is 8.83. The van der Waals surface area contributed by atoms with Gasteiger partial charge in [0.25, 0.3) is 0 Å². The smallest absolute Gasteiger partial charge is 0.227 e. The fourth-order valence-corrected chi connectivity index (χ4v) is 5.02. The highest BCUT2D eigenvalue weighted by molar-refractivity contribution is 5.94. The van der Waals surface area contributed by atoms with E-state index in [2.05, 4.69) is 32.6 Å². The van der Waals surface area contributed by atoms with Crippen molar-refractivity contribution in [2.45, 2.75) is 53.5 Å². The van der Waals surface area contributed by atoms with Gasteiger partial charge in [-0.2, -0.15) is 0 Å². The zero-order valence-electron chi connectivity index (χ0n) is 23.8. The van der Waals surface area contributed by atoms with Gasteiger partial charge in [-0.05, 0) is 60.7 Å².